The number of nitrogens with one attached hydrogen (secondary N) is 1. The average Bonchev–Trinajstić information content (AvgIpc) is 2.39. The normalized spacial score (nSPS) is 43.5. The summed E-state index contributed by atoms with van der Waals surface area (Å²) in [5.41, 5.74) is 0. The Morgan fingerprint density at radius 2 is 2.06 bits per heavy atom. The van der Waals surface area contributed by atoms with Gasteiger partial charge >= 0.3 is 0 Å². The fourth-order valence-electron chi connectivity index (χ4n) is 3.12. The van der Waals surface area contributed by atoms with Crippen molar-refractivity contribution in [2.75, 3.05) is 52.5 Å². The first-order valence-corrected chi connectivity index (χ1v) is 6.69. The molecule has 0 saturated carbocycles. The Kier molecular flexibility index (Phi) is 3.43. The van der Waals surface area contributed by atoms with E-state index in [1.165, 1.54) is 45.6 Å². The molecule has 0 amide bonds. The summed E-state index contributed by atoms with van der Waals surface area (Å²) in [5.74, 6) is 0. The highest BCUT2D eigenvalue weighted by atomic mass is 16.5. The van der Waals surface area contributed by atoms with E-state index in [4.69, 9.17) is 4.74 Å². The maximum atomic E-state index is 5.50. The number of hydrogen-bond acceptors (Lipinski definition) is 4. The van der Waals surface area contributed by atoms with Crippen LogP contribution in [0.1, 0.15) is 12.8 Å². The van der Waals surface area contributed by atoms with E-state index >= 15 is 0 Å². The standard InChI is InChI=1S/C12H23N3O/c1-2-11(10-16-7-1)13-8-12-9-14-3-5-15(12)6-4-14/h11-13H,1-10H2. The SMILES string of the molecule is C1COCC(NCC2CN3CCN2CC3)C1. The van der Waals surface area contributed by atoms with Crippen LogP contribution in [0, 0.1) is 0 Å². The maximum Gasteiger partial charge on any atom is 0.0619 e. The van der Waals surface area contributed by atoms with E-state index in [1.807, 2.05) is 0 Å². The third-order valence-electron chi connectivity index (χ3n) is 4.19. The lowest BCUT2D eigenvalue weighted by Gasteiger charge is -2.48. The zero-order valence-corrected chi connectivity index (χ0v) is 10.0. The number of fused-ring (bicyclic) bond motifs is 3. The van der Waals surface area contributed by atoms with Crippen molar-refractivity contribution in [3.8, 4) is 0 Å². The Morgan fingerprint density at radius 3 is 2.69 bits per heavy atom. The molecule has 4 aliphatic rings. The topological polar surface area (TPSA) is 27.7 Å². The van der Waals surface area contributed by atoms with Crippen LogP contribution < -0.4 is 5.32 Å². The molecule has 0 aromatic heterocycles. The first kappa shape index (κ1) is 11.0. The Hall–Kier alpha value is -0.160. The number of ether oxygens (including phenoxy) is 1. The highest BCUT2D eigenvalue weighted by Gasteiger charge is 2.31. The number of piperazine rings is 3. The average molecular weight is 225 g/mol. The molecule has 2 bridgehead atoms. The van der Waals surface area contributed by atoms with Crippen molar-refractivity contribution in [2.45, 2.75) is 24.9 Å². The van der Waals surface area contributed by atoms with Crippen LogP contribution >= 0.6 is 0 Å². The minimum atomic E-state index is 0.602. The molecule has 4 heterocycles. The van der Waals surface area contributed by atoms with Gasteiger partial charge in [-0.15, -0.1) is 0 Å². The van der Waals surface area contributed by atoms with Crippen molar-refractivity contribution < 1.29 is 4.74 Å². The summed E-state index contributed by atoms with van der Waals surface area (Å²) in [6.07, 6.45) is 2.51. The summed E-state index contributed by atoms with van der Waals surface area (Å²) in [6, 6.07) is 1.34. The van der Waals surface area contributed by atoms with Crippen molar-refractivity contribution in [3.05, 3.63) is 0 Å². The van der Waals surface area contributed by atoms with Crippen molar-refractivity contribution >= 4 is 0 Å². The van der Waals surface area contributed by atoms with Gasteiger partial charge in [0.15, 0.2) is 0 Å². The molecule has 0 aromatic carbocycles. The first-order chi connectivity index (χ1) is 7.92. The summed E-state index contributed by atoms with van der Waals surface area (Å²) in [4.78, 5) is 5.25. The molecule has 1 N–H and O–H groups in total. The highest BCUT2D eigenvalue weighted by molar-refractivity contribution is 4.89. The van der Waals surface area contributed by atoms with Gasteiger partial charge < -0.3 is 10.1 Å². The van der Waals surface area contributed by atoms with Crippen molar-refractivity contribution in [2.24, 2.45) is 0 Å². The second kappa shape index (κ2) is 5.00. The van der Waals surface area contributed by atoms with Gasteiger partial charge in [-0.05, 0) is 12.8 Å². The lowest BCUT2D eigenvalue weighted by atomic mass is 10.1. The first-order valence-electron chi connectivity index (χ1n) is 6.69. The number of rotatable bonds is 3. The molecule has 4 fully saturated rings. The van der Waals surface area contributed by atoms with Crippen LogP contribution in [0.3, 0.4) is 0 Å². The number of nitrogens with zero attached hydrogens (tertiary/aromatic N) is 2. The molecule has 4 heteroatoms. The lowest BCUT2D eigenvalue weighted by molar-refractivity contribution is 0.00792. The Balaban J connectivity index is 1.44. The monoisotopic (exact) mass is 225 g/mol. The van der Waals surface area contributed by atoms with E-state index in [0.29, 0.717) is 6.04 Å². The Labute approximate surface area is 97.9 Å². The molecular weight excluding hydrogens is 202 g/mol. The van der Waals surface area contributed by atoms with E-state index in [1.54, 1.807) is 0 Å². The van der Waals surface area contributed by atoms with Gasteiger partial charge in [-0.25, -0.2) is 0 Å². The molecule has 0 aromatic rings. The molecule has 4 nitrogen and oxygen atoms in total. The second-order valence-corrected chi connectivity index (χ2v) is 5.31. The van der Waals surface area contributed by atoms with Crippen LogP contribution in [0.15, 0.2) is 0 Å². The molecule has 4 aliphatic heterocycles. The summed E-state index contributed by atoms with van der Waals surface area (Å²) in [7, 11) is 0. The molecule has 4 saturated heterocycles. The minimum absolute atomic E-state index is 0.602. The molecule has 0 aliphatic carbocycles. The quantitative estimate of drug-likeness (QED) is 0.717. The summed E-state index contributed by atoms with van der Waals surface area (Å²) in [6.45, 7) is 9.39. The maximum absolute atomic E-state index is 5.50. The molecule has 2 unspecified atom stereocenters. The zero-order valence-electron chi connectivity index (χ0n) is 10.0. The van der Waals surface area contributed by atoms with Crippen LogP contribution in [-0.2, 0) is 4.74 Å². The lowest BCUT2D eigenvalue weighted by Crippen LogP contribution is -2.63. The van der Waals surface area contributed by atoms with Crippen molar-refractivity contribution in [1.29, 1.82) is 0 Å². The molecular formula is C12H23N3O. The molecule has 4 rings (SSSR count). The predicted molar refractivity (Wildman–Crippen MR) is 63.6 cm³/mol. The second-order valence-electron chi connectivity index (χ2n) is 5.31. The summed E-state index contributed by atoms with van der Waals surface area (Å²) >= 11 is 0. The van der Waals surface area contributed by atoms with Crippen LogP contribution in [0.25, 0.3) is 0 Å². The van der Waals surface area contributed by atoms with Crippen LogP contribution in [0.5, 0.6) is 0 Å². The van der Waals surface area contributed by atoms with Gasteiger partial charge in [-0.2, -0.15) is 0 Å². The molecule has 0 radical (unpaired) electrons. The Bertz CT molecular complexity index is 222. The molecule has 16 heavy (non-hydrogen) atoms. The Morgan fingerprint density at radius 1 is 1.19 bits per heavy atom. The smallest absolute Gasteiger partial charge is 0.0619 e. The van der Waals surface area contributed by atoms with Crippen LogP contribution in [0.4, 0.5) is 0 Å². The van der Waals surface area contributed by atoms with Gasteiger partial charge in [-0.1, -0.05) is 0 Å². The third-order valence-corrected chi connectivity index (χ3v) is 4.19. The third kappa shape index (κ3) is 2.40. The minimum Gasteiger partial charge on any atom is -0.380 e. The predicted octanol–water partition coefficient (Wildman–Crippen LogP) is -0.245. The van der Waals surface area contributed by atoms with E-state index in [-0.39, 0.29) is 0 Å². The van der Waals surface area contributed by atoms with E-state index in [9.17, 15) is 0 Å². The van der Waals surface area contributed by atoms with Crippen molar-refractivity contribution in [1.82, 2.24) is 15.1 Å². The highest BCUT2D eigenvalue weighted by Crippen LogP contribution is 2.15. The van der Waals surface area contributed by atoms with Crippen LogP contribution in [0.2, 0.25) is 0 Å². The van der Waals surface area contributed by atoms with Gasteiger partial charge in [0.1, 0.15) is 0 Å². The fraction of sp³-hybridized carbons (Fsp3) is 1.00. The summed E-state index contributed by atoms with van der Waals surface area (Å²) < 4.78 is 5.50. The summed E-state index contributed by atoms with van der Waals surface area (Å²) in [5, 5.41) is 3.68. The van der Waals surface area contributed by atoms with Gasteiger partial charge in [0, 0.05) is 58.0 Å². The van der Waals surface area contributed by atoms with Gasteiger partial charge in [0.05, 0.1) is 6.61 Å². The fourth-order valence-corrected chi connectivity index (χ4v) is 3.12. The van der Waals surface area contributed by atoms with E-state index in [2.05, 4.69) is 15.1 Å². The molecule has 2 atom stereocenters. The number of hydrogen-bond donors (Lipinski definition) is 1. The van der Waals surface area contributed by atoms with E-state index in [0.717, 1.165) is 25.8 Å². The van der Waals surface area contributed by atoms with Gasteiger partial charge in [0.25, 0.3) is 0 Å². The van der Waals surface area contributed by atoms with Crippen LogP contribution in [-0.4, -0.2) is 74.4 Å². The van der Waals surface area contributed by atoms with Crippen molar-refractivity contribution in [3.63, 3.8) is 0 Å². The van der Waals surface area contributed by atoms with Gasteiger partial charge in [0.2, 0.25) is 0 Å². The largest absolute Gasteiger partial charge is 0.380 e. The van der Waals surface area contributed by atoms with E-state index < -0.39 is 0 Å². The molecule has 0 spiro atoms. The zero-order chi connectivity index (χ0) is 10.8. The van der Waals surface area contributed by atoms with Gasteiger partial charge in [-0.3, -0.25) is 9.80 Å². The molecule has 92 valence electrons.